The first-order valence-corrected chi connectivity index (χ1v) is 21.4. The van der Waals surface area contributed by atoms with Gasteiger partial charge >= 0.3 is 0 Å². The third-order valence-electron chi connectivity index (χ3n) is 11.9. The van der Waals surface area contributed by atoms with Crippen LogP contribution in [0.1, 0.15) is 99.5 Å². The summed E-state index contributed by atoms with van der Waals surface area (Å²) in [5.74, 6) is 7.26. The zero-order chi connectivity index (χ0) is 41.7. The first-order valence-electron chi connectivity index (χ1n) is 21.4. The third kappa shape index (κ3) is 7.46. The van der Waals surface area contributed by atoms with Gasteiger partial charge in [-0.3, -0.25) is 0 Å². The molecule has 1 heteroatoms. The summed E-state index contributed by atoms with van der Waals surface area (Å²) in [4.78, 5) is 0. The van der Waals surface area contributed by atoms with Crippen molar-refractivity contribution >= 4 is 61.8 Å². The number of aryl methyl sites for hydroxylation is 2. The number of fused-ring (bicyclic) bond motifs is 7. The second-order valence-corrected chi connectivity index (χ2v) is 15.7. The van der Waals surface area contributed by atoms with E-state index in [1.807, 2.05) is 19.9 Å². The molecule has 0 fully saturated rings. The monoisotopic (exact) mass is 767 g/mol. The average molecular weight is 768 g/mol. The minimum absolute atomic E-state index is 0.00966. The van der Waals surface area contributed by atoms with Crippen LogP contribution in [0.25, 0.3) is 67.5 Å². The number of benzene rings is 6. The zero-order valence-electron chi connectivity index (χ0n) is 36.2. The number of nitrogens with zero attached hydrogens (tertiary/aromatic N) is 1. The van der Waals surface area contributed by atoms with Crippen LogP contribution < -0.4 is 0 Å². The maximum Gasteiger partial charge on any atom is 0.0550 e. The lowest BCUT2D eigenvalue weighted by atomic mass is 9.77. The molecule has 7 aromatic rings. The molecule has 2 aliphatic carbocycles. The van der Waals surface area contributed by atoms with Crippen molar-refractivity contribution in [3.63, 3.8) is 0 Å². The van der Waals surface area contributed by atoms with Gasteiger partial charge in [-0.1, -0.05) is 174 Å². The predicted octanol–water partition coefficient (Wildman–Crippen LogP) is 16.0. The van der Waals surface area contributed by atoms with E-state index >= 15 is 0 Å². The third-order valence-corrected chi connectivity index (χ3v) is 11.9. The van der Waals surface area contributed by atoms with E-state index in [0.717, 1.165) is 24.1 Å². The molecule has 0 saturated carbocycles. The van der Waals surface area contributed by atoms with Crippen LogP contribution in [-0.4, -0.2) is 4.57 Å². The van der Waals surface area contributed by atoms with Crippen molar-refractivity contribution in [3.8, 4) is 17.5 Å². The van der Waals surface area contributed by atoms with Crippen molar-refractivity contribution in [2.45, 2.75) is 73.6 Å². The maximum absolute atomic E-state index is 4.21. The molecule has 0 saturated heterocycles. The topological polar surface area (TPSA) is 4.93 Å². The number of rotatable bonds is 6. The van der Waals surface area contributed by atoms with Gasteiger partial charge in [-0.05, 0) is 130 Å². The summed E-state index contributed by atoms with van der Waals surface area (Å²) in [6, 6.07) is 41.8. The van der Waals surface area contributed by atoms with Crippen molar-refractivity contribution in [2.75, 3.05) is 0 Å². The van der Waals surface area contributed by atoms with Crippen molar-refractivity contribution in [1.82, 2.24) is 4.57 Å². The van der Waals surface area contributed by atoms with Gasteiger partial charge in [-0.15, -0.1) is 0 Å². The number of aromatic nitrogens is 1. The molecule has 9 rings (SSSR count). The van der Waals surface area contributed by atoms with Gasteiger partial charge < -0.3 is 4.57 Å². The fourth-order valence-corrected chi connectivity index (χ4v) is 9.24. The molecule has 1 heterocycles. The van der Waals surface area contributed by atoms with E-state index in [1.54, 1.807) is 0 Å². The van der Waals surface area contributed by atoms with Crippen LogP contribution in [0.2, 0.25) is 0 Å². The summed E-state index contributed by atoms with van der Waals surface area (Å²) >= 11 is 0. The Morgan fingerprint density at radius 1 is 0.746 bits per heavy atom. The van der Waals surface area contributed by atoms with Crippen molar-refractivity contribution in [2.24, 2.45) is 5.92 Å². The van der Waals surface area contributed by atoms with E-state index in [1.165, 1.54) is 82.7 Å². The molecule has 0 N–H and O–H groups in total. The summed E-state index contributed by atoms with van der Waals surface area (Å²) in [6.07, 6.45) is 17.2. The highest BCUT2D eigenvalue weighted by molar-refractivity contribution is 6.12. The van der Waals surface area contributed by atoms with Crippen LogP contribution >= 0.6 is 0 Å². The largest absolute Gasteiger partial charge is 0.309 e. The Labute approximate surface area is 352 Å². The lowest BCUT2D eigenvalue weighted by molar-refractivity contribution is 0.488. The minimum Gasteiger partial charge on any atom is -0.309 e. The summed E-state index contributed by atoms with van der Waals surface area (Å²) in [5.41, 5.74) is 15.2. The molecule has 6 aromatic carbocycles. The van der Waals surface area contributed by atoms with Crippen LogP contribution in [-0.2, 0) is 11.8 Å². The molecule has 0 bridgehead atoms. The molecule has 0 radical (unpaired) electrons. The van der Waals surface area contributed by atoms with E-state index in [4.69, 9.17) is 0 Å². The second kappa shape index (κ2) is 17.6. The Kier molecular flexibility index (Phi) is 12.2. The fourth-order valence-electron chi connectivity index (χ4n) is 9.24. The molecule has 2 aliphatic rings. The number of hydrogen-bond acceptors (Lipinski definition) is 0. The van der Waals surface area contributed by atoms with E-state index in [0.29, 0.717) is 0 Å². The molecule has 1 nitrogen and oxygen atoms in total. The quantitative estimate of drug-likeness (QED) is 0.117. The first kappa shape index (κ1) is 40.8. The van der Waals surface area contributed by atoms with Gasteiger partial charge in [-0.25, -0.2) is 0 Å². The van der Waals surface area contributed by atoms with E-state index in [2.05, 4.69) is 216 Å². The van der Waals surface area contributed by atoms with Crippen molar-refractivity contribution < 1.29 is 0 Å². The van der Waals surface area contributed by atoms with Crippen LogP contribution in [0, 0.1) is 24.7 Å². The fraction of sp³-hybridized carbons (Fsp3) is 0.207. The molecule has 1 unspecified atom stereocenters. The Morgan fingerprint density at radius 2 is 1.42 bits per heavy atom. The van der Waals surface area contributed by atoms with Crippen molar-refractivity contribution in [3.05, 3.63) is 191 Å². The van der Waals surface area contributed by atoms with Crippen LogP contribution in [0.15, 0.2) is 146 Å². The SMILES string of the molecule is C/C=C\c1c(CC)c2ccccc2c2ccccc12.C=Cc1c(/C=C\C)n(-c2cccc(C)c2)c2ccc(C3=C/CC#CC4/C(=C\3)c3ccccc3C4(C)C)cc12.CC. The molecule has 0 spiro atoms. The van der Waals surface area contributed by atoms with Gasteiger partial charge in [0.2, 0.25) is 0 Å². The molecule has 1 atom stereocenters. The van der Waals surface area contributed by atoms with Crippen LogP contribution in [0.5, 0.6) is 0 Å². The number of hydrogen-bond donors (Lipinski definition) is 0. The Balaban J connectivity index is 0.000000210. The average Bonchev–Trinajstić information content (AvgIpc) is 3.67. The minimum atomic E-state index is -0.00966. The maximum atomic E-state index is 4.21. The van der Waals surface area contributed by atoms with Gasteiger partial charge in [0.1, 0.15) is 0 Å². The summed E-state index contributed by atoms with van der Waals surface area (Å²) in [6.45, 7) is 21.4. The highest BCUT2D eigenvalue weighted by Gasteiger charge is 2.42. The molecule has 0 aliphatic heterocycles. The molecule has 1 aromatic heterocycles. The highest BCUT2D eigenvalue weighted by atomic mass is 15.0. The van der Waals surface area contributed by atoms with E-state index < -0.39 is 0 Å². The Bertz CT molecular complexity index is 2890. The lowest BCUT2D eigenvalue weighted by Crippen LogP contribution is -2.22. The highest BCUT2D eigenvalue weighted by Crippen LogP contribution is 2.51. The Hall–Kier alpha value is -6.36. The van der Waals surface area contributed by atoms with Gasteiger partial charge in [0.25, 0.3) is 0 Å². The molecular weight excluding hydrogens is 711 g/mol. The molecule has 294 valence electrons. The second-order valence-electron chi connectivity index (χ2n) is 15.7. The smallest absolute Gasteiger partial charge is 0.0550 e. The van der Waals surface area contributed by atoms with Gasteiger partial charge in [-0.2, -0.15) is 0 Å². The van der Waals surface area contributed by atoms with Gasteiger partial charge in [0, 0.05) is 28.5 Å². The summed E-state index contributed by atoms with van der Waals surface area (Å²) in [7, 11) is 0. The van der Waals surface area contributed by atoms with Gasteiger partial charge in [0.05, 0.1) is 17.1 Å². The zero-order valence-corrected chi connectivity index (χ0v) is 36.2. The molecule has 0 amide bonds. The molecular formula is C58H57N. The van der Waals surface area contributed by atoms with Crippen LogP contribution in [0.4, 0.5) is 0 Å². The van der Waals surface area contributed by atoms with E-state index in [-0.39, 0.29) is 11.3 Å². The van der Waals surface area contributed by atoms with E-state index in [9.17, 15) is 0 Å². The van der Waals surface area contributed by atoms with Crippen molar-refractivity contribution in [1.29, 1.82) is 0 Å². The van der Waals surface area contributed by atoms with Crippen LogP contribution in [0.3, 0.4) is 0 Å². The summed E-state index contributed by atoms with van der Waals surface area (Å²) in [5, 5.41) is 6.67. The number of allylic oxidation sites excluding steroid dienone is 6. The standard InChI is InChI=1S/C37H33N.C19H18.C2H6/c1-6-13-35-29(7-2)32-24-27(20-21-36(32)38(35)28-16-12-14-25(3)22-28)26-15-8-10-19-34-31(23-26)30-17-9-11-18-33(30)37(34,4)5;1-3-9-15-14(4-2)16-10-5-6-12-18(16)19-13-8-7-11-17(15)19;1-2/h6-7,9,11-18,20-24,34H,2,8H2,1,3-5H3;3,5-13H,4H2,1-2H3;1-2H3/b13-6-,26-15+,31-23-;9-3-;. The molecule has 59 heavy (non-hydrogen) atoms. The Morgan fingerprint density at radius 3 is 2.12 bits per heavy atom. The first-order chi connectivity index (χ1) is 28.8. The normalized spacial score (nSPS) is 17.0. The lowest BCUT2D eigenvalue weighted by Gasteiger charge is -2.25. The van der Waals surface area contributed by atoms with Gasteiger partial charge in [0.15, 0.2) is 0 Å². The summed E-state index contributed by atoms with van der Waals surface area (Å²) < 4.78 is 2.35. The predicted molar refractivity (Wildman–Crippen MR) is 261 cm³/mol.